The third-order valence-electron chi connectivity index (χ3n) is 4.78. The van der Waals surface area contributed by atoms with Crippen LogP contribution in [0.15, 0.2) is 17.1 Å². The molecule has 1 atom stereocenters. The Hall–Kier alpha value is -2.19. The van der Waals surface area contributed by atoms with E-state index < -0.39 is 0 Å². The van der Waals surface area contributed by atoms with Crippen LogP contribution in [0.4, 0.5) is 0 Å². The molecule has 0 aromatic heterocycles. The number of benzene rings is 1. The number of hydrogen-bond donors (Lipinski definition) is 2. The summed E-state index contributed by atoms with van der Waals surface area (Å²) in [7, 11) is 6.62. The second kappa shape index (κ2) is 13.1. The molecule has 1 heterocycles. The number of nitrogens with one attached hydrogen (secondary N) is 2. The number of methoxy groups -OCH3 is 3. The number of aliphatic imine (C=N–C) groups is 1. The van der Waals surface area contributed by atoms with E-state index in [1.165, 1.54) is 0 Å². The van der Waals surface area contributed by atoms with Gasteiger partial charge >= 0.3 is 0 Å². The molecule has 0 aliphatic carbocycles. The van der Waals surface area contributed by atoms with Crippen LogP contribution in [0.3, 0.4) is 0 Å². The van der Waals surface area contributed by atoms with Gasteiger partial charge < -0.3 is 34.3 Å². The molecular formula is C21H35N3O5. The molecule has 2 rings (SSSR count). The molecule has 1 saturated heterocycles. The van der Waals surface area contributed by atoms with Gasteiger partial charge in [-0.2, -0.15) is 0 Å². The van der Waals surface area contributed by atoms with E-state index in [0.717, 1.165) is 50.4 Å². The Morgan fingerprint density at radius 3 is 2.55 bits per heavy atom. The summed E-state index contributed by atoms with van der Waals surface area (Å²) in [6, 6.07) is 3.88. The van der Waals surface area contributed by atoms with Gasteiger partial charge in [0, 0.05) is 38.9 Å². The molecule has 0 bridgehead atoms. The number of ether oxygens (including phenoxy) is 5. The lowest BCUT2D eigenvalue weighted by Gasteiger charge is -2.16. The Labute approximate surface area is 173 Å². The molecule has 164 valence electrons. The first-order chi connectivity index (χ1) is 14.2. The van der Waals surface area contributed by atoms with E-state index in [-0.39, 0.29) is 6.10 Å². The van der Waals surface area contributed by atoms with Crippen molar-refractivity contribution in [2.75, 3.05) is 61.3 Å². The van der Waals surface area contributed by atoms with Crippen molar-refractivity contribution in [1.82, 2.24) is 10.6 Å². The summed E-state index contributed by atoms with van der Waals surface area (Å²) in [5.74, 6) is 2.72. The van der Waals surface area contributed by atoms with Crippen molar-refractivity contribution in [3.05, 3.63) is 17.7 Å². The number of guanidine groups is 1. The monoisotopic (exact) mass is 409 g/mol. The lowest BCUT2D eigenvalue weighted by molar-refractivity contribution is 0.0168. The quantitative estimate of drug-likeness (QED) is 0.310. The van der Waals surface area contributed by atoms with Crippen molar-refractivity contribution in [2.24, 2.45) is 4.99 Å². The Morgan fingerprint density at radius 2 is 1.90 bits per heavy atom. The van der Waals surface area contributed by atoms with Gasteiger partial charge in [-0.1, -0.05) is 6.07 Å². The molecule has 0 spiro atoms. The van der Waals surface area contributed by atoms with Gasteiger partial charge in [0.05, 0.1) is 34.0 Å². The summed E-state index contributed by atoms with van der Waals surface area (Å²) >= 11 is 0. The van der Waals surface area contributed by atoms with Crippen LogP contribution in [0.2, 0.25) is 0 Å². The number of rotatable bonds is 12. The van der Waals surface area contributed by atoms with Crippen LogP contribution in [0.1, 0.15) is 24.8 Å². The first kappa shape index (κ1) is 23.1. The summed E-state index contributed by atoms with van der Waals surface area (Å²) in [4.78, 5) is 4.26. The van der Waals surface area contributed by atoms with Gasteiger partial charge in [-0.25, -0.2) is 0 Å². The van der Waals surface area contributed by atoms with Crippen molar-refractivity contribution >= 4 is 5.96 Å². The molecule has 1 unspecified atom stereocenters. The highest BCUT2D eigenvalue weighted by Gasteiger charge is 2.16. The van der Waals surface area contributed by atoms with Crippen LogP contribution in [-0.2, 0) is 15.9 Å². The Bertz CT molecular complexity index is 633. The zero-order valence-corrected chi connectivity index (χ0v) is 18.1. The third-order valence-corrected chi connectivity index (χ3v) is 4.78. The molecule has 1 aliphatic heterocycles. The van der Waals surface area contributed by atoms with Gasteiger partial charge in [0.2, 0.25) is 5.75 Å². The highest BCUT2D eigenvalue weighted by molar-refractivity contribution is 5.79. The van der Waals surface area contributed by atoms with E-state index in [4.69, 9.17) is 23.7 Å². The topological polar surface area (TPSA) is 82.6 Å². The van der Waals surface area contributed by atoms with E-state index in [2.05, 4.69) is 15.6 Å². The molecule has 29 heavy (non-hydrogen) atoms. The van der Waals surface area contributed by atoms with Crippen molar-refractivity contribution in [2.45, 2.75) is 31.8 Å². The second-order valence-corrected chi connectivity index (χ2v) is 6.73. The predicted octanol–water partition coefficient (Wildman–Crippen LogP) is 2.01. The van der Waals surface area contributed by atoms with E-state index in [9.17, 15) is 0 Å². The fraction of sp³-hybridized carbons (Fsp3) is 0.667. The van der Waals surface area contributed by atoms with E-state index in [1.54, 1.807) is 28.4 Å². The average Bonchev–Trinajstić information content (AvgIpc) is 3.27. The highest BCUT2D eigenvalue weighted by Crippen LogP contribution is 2.39. The van der Waals surface area contributed by atoms with Gasteiger partial charge in [0.15, 0.2) is 17.5 Å². The van der Waals surface area contributed by atoms with Crippen molar-refractivity contribution < 1.29 is 23.7 Å². The predicted molar refractivity (Wildman–Crippen MR) is 114 cm³/mol. The van der Waals surface area contributed by atoms with Gasteiger partial charge in [-0.3, -0.25) is 4.99 Å². The molecule has 8 heteroatoms. The molecule has 1 fully saturated rings. The zero-order chi connectivity index (χ0) is 20.9. The Balaban J connectivity index is 1.68. The standard InChI is InChI=1S/C21H35N3O5/c1-22-21(23-11-6-13-28-15-17-7-5-14-29-17)24-12-10-16-8-9-18(25-2)20(27-4)19(16)26-3/h8-9,17H,5-7,10-15H2,1-4H3,(H2,22,23,24). The van der Waals surface area contributed by atoms with Crippen LogP contribution in [-0.4, -0.2) is 73.4 Å². The lowest BCUT2D eigenvalue weighted by Crippen LogP contribution is -2.39. The maximum Gasteiger partial charge on any atom is 0.203 e. The summed E-state index contributed by atoms with van der Waals surface area (Å²) in [5.41, 5.74) is 1.04. The third kappa shape index (κ3) is 7.29. The molecule has 0 amide bonds. The van der Waals surface area contributed by atoms with Gasteiger partial charge in [0.25, 0.3) is 0 Å². The highest BCUT2D eigenvalue weighted by atomic mass is 16.5. The smallest absolute Gasteiger partial charge is 0.203 e. The summed E-state index contributed by atoms with van der Waals surface area (Å²) < 4.78 is 27.5. The molecule has 0 radical (unpaired) electrons. The largest absolute Gasteiger partial charge is 0.493 e. The minimum Gasteiger partial charge on any atom is -0.493 e. The Kier molecular flexibility index (Phi) is 10.4. The van der Waals surface area contributed by atoms with Crippen molar-refractivity contribution in [3.63, 3.8) is 0 Å². The summed E-state index contributed by atoms with van der Waals surface area (Å²) in [6.07, 6.45) is 4.21. The van der Waals surface area contributed by atoms with Gasteiger partial charge in [-0.15, -0.1) is 0 Å². The molecule has 2 N–H and O–H groups in total. The molecule has 1 aromatic carbocycles. The van der Waals surface area contributed by atoms with Gasteiger partial charge in [-0.05, 0) is 31.7 Å². The maximum atomic E-state index is 5.68. The first-order valence-electron chi connectivity index (χ1n) is 10.1. The lowest BCUT2D eigenvalue weighted by atomic mass is 10.1. The Morgan fingerprint density at radius 1 is 1.10 bits per heavy atom. The molecule has 1 aromatic rings. The van der Waals surface area contributed by atoms with E-state index >= 15 is 0 Å². The molecular weight excluding hydrogens is 374 g/mol. The minimum atomic E-state index is 0.283. The van der Waals surface area contributed by atoms with E-state index in [1.807, 2.05) is 12.1 Å². The molecule has 0 saturated carbocycles. The van der Waals surface area contributed by atoms with Crippen LogP contribution < -0.4 is 24.8 Å². The summed E-state index contributed by atoms with van der Waals surface area (Å²) in [6.45, 7) is 3.78. The molecule has 1 aliphatic rings. The van der Waals surface area contributed by atoms with Crippen LogP contribution >= 0.6 is 0 Å². The number of hydrogen-bond acceptors (Lipinski definition) is 6. The van der Waals surface area contributed by atoms with Crippen LogP contribution in [0.5, 0.6) is 17.2 Å². The van der Waals surface area contributed by atoms with Crippen molar-refractivity contribution in [1.29, 1.82) is 0 Å². The normalized spacial score (nSPS) is 16.6. The van der Waals surface area contributed by atoms with E-state index in [0.29, 0.717) is 37.0 Å². The van der Waals surface area contributed by atoms with Crippen molar-refractivity contribution in [3.8, 4) is 17.2 Å². The van der Waals surface area contributed by atoms with Crippen LogP contribution in [0.25, 0.3) is 0 Å². The summed E-state index contributed by atoms with van der Waals surface area (Å²) in [5, 5.41) is 6.63. The zero-order valence-electron chi connectivity index (χ0n) is 18.1. The average molecular weight is 410 g/mol. The van der Waals surface area contributed by atoms with Gasteiger partial charge in [0.1, 0.15) is 0 Å². The first-order valence-corrected chi connectivity index (χ1v) is 10.1. The maximum absolute atomic E-state index is 5.68. The number of nitrogens with zero attached hydrogens (tertiary/aromatic N) is 1. The fourth-order valence-corrected chi connectivity index (χ4v) is 3.27. The molecule has 8 nitrogen and oxygen atoms in total. The van der Waals surface area contributed by atoms with Crippen LogP contribution in [0, 0.1) is 0 Å². The fourth-order valence-electron chi connectivity index (χ4n) is 3.27. The second-order valence-electron chi connectivity index (χ2n) is 6.73. The SMILES string of the molecule is CN=C(NCCCOCC1CCCO1)NCCc1ccc(OC)c(OC)c1OC. The minimum absolute atomic E-state index is 0.283.